The smallest absolute Gasteiger partial charge is 0.326 e. The zero-order chi connectivity index (χ0) is 35.1. The maximum absolute atomic E-state index is 13.7. The number of nitrogens with one attached hydrogen (secondary N) is 4. The van der Waals surface area contributed by atoms with Gasteiger partial charge < -0.3 is 54.7 Å². The molecule has 0 aliphatic heterocycles. The van der Waals surface area contributed by atoms with Crippen LogP contribution in [0.15, 0.2) is 70.8 Å². The fourth-order valence-corrected chi connectivity index (χ4v) is 5.03. The van der Waals surface area contributed by atoms with E-state index in [0.29, 0.717) is 18.4 Å². The fraction of sp³-hybridized carbons (Fsp3) is 0.375. The molecule has 0 aliphatic rings. The number of guanidine groups is 2. The SMILES string of the molecule is NC(N)=NCCC[C@H](NC(=O)[C@@H](N)CCCN=C(N)N)C(=O)N[C@@H](Cc1ccccc1)C(=O)N[C@@H](Cc1c[nH]c2ccccc12)C(=O)O. The minimum Gasteiger partial charge on any atom is -0.480 e. The van der Waals surface area contributed by atoms with Gasteiger partial charge in [-0.2, -0.15) is 0 Å². The average Bonchev–Trinajstić information content (AvgIpc) is 3.46. The van der Waals surface area contributed by atoms with Crippen LogP contribution in [0.4, 0.5) is 0 Å². The number of carboxylic acids is 1. The molecule has 0 bridgehead atoms. The molecule has 0 saturated heterocycles. The molecule has 0 aliphatic carbocycles. The van der Waals surface area contributed by atoms with Crippen LogP contribution < -0.4 is 44.6 Å². The number of hydrogen-bond donors (Lipinski definition) is 10. The summed E-state index contributed by atoms with van der Waals surface area (Å²) in [6, 6.07) is 11.8. The van der Waals surface area contributed by atoms with Gasteiger partial charge in [-0.1, -0.05) is 48.5 Å². The van der Waals surface area contributed by atoms with E-state index in [9.17, 15) is 24.3 Å². The van der Waals surface area contributed by atoms with Gasteiger partial charge in [-0.25, -0.2) is 4.79 Å². The van der Waals surface area contributed by atoms with Gasteiger partial charge >= 0.3 is 5.97 Å². The molecule has 1 heterocycles. The summed E-state index contributed by atoms with van der Waals surface area (Å²) in [6.07, 6.45) is 2.87. The summed E-state index contributed by atoms with van der Waals surface area (Å²) < 4.78 is 0. The maximum Gasteiger partial charge on any atom is 0.326 e. The molecular weight excluding hydrogens is 618 g/mol. The van der Waals surface area contributed by atoms with Gasteiger partial charge in [0, 0.05) is 43.0 Å². The number of aromatic amines is 1. The number of benzene rings is 2. The molecule has 0 saturated carbocycles. The lowest BCUT2D eigenvalue weighted by molar-refractivity contribution is -0.142. The number of hydrogen-bond acceptors (Lipinski definition) is 7. The summed E-state index contributed by atoms with van der Waals surface area (Å²) in [6.45, 7) is 0.467. The molecule has 16 heteroatoms. The van der Waals surface area contributed by atoms with Crippen molar-refractivity contribution in [3.8, 4) is 0 Å². The lowest BCUT2D eigenvalue weighted by Crippen LogP contribution is -2.57. The average molecular weight is 664 g/mol. The van der Waals surface area contributed by atoms with Gasteiger partial charge in [-0.05, 0) is 42.9 Å². The van der Waals surface area contributed by atoms with Crippen LogP contribution in [0.2, 0.25) is 0 Å². The van der Waals surface area contributed by atoms with Crippen LogP contribution in [0.5, 0.6) is 0 Å². The molecule has 0 unspecified atom stereocenters. The van der Waals surface area contributed by atoms with Crippen LogP contribution in [-0.2, 0) is 32.0 Å². The van der Waals surface area contributed by atoms with Crippen molar-refractivity contribution in [2.45, 2.75) is 62.7 Å². The number of nitrogens with zero attached hydrogens (tertiary/aromatic N) is 2. The summed E-state index contributed by atoms with van der Waals surface area (Å²) in [7, 11) is 0. The molecule has 1 aromatic heterocycles. The van der Waals surface area contributed by atoms with Crippen LogP contribution in [0.25, 0.3) is 10.9 Å². The first-order chi connectivity index (χ1) is 22.9. The molecule has 15 N–H and O–H groups in total. The van der Waals surface area contributed by atoms with Crippen LogP contribution in [-0.4, -0.2) is 83.0 Å². The Kier molecular flexibility index (Phi) is 14.2. The first-order valence-electron chi connectivity index (χ1n) is 15.5. The molecule has 16 nitrogen and oxygen atoms in total. The lowest BCUT2D eigenvalue weighted by Gasteiger charge is -2.25. The topological polar surface area (TPSA) is 295 Å². The molecule has 0 fully saturated rings. The van der Waals surface area contributed by atoms with Gasteiger partial charge in [0.2, 0.25) is 17.7 Å². The zero-order valence-electron chi connectivity index (χ0n) is 26.6. The number of carbonyl (C=O) groups is 4. The predicted octanol–water partition coefficient (Wildman–Crippen LogP) is -1.07. The van der Waals surface area contributed by atoms with E-state index in [1.165, 1.54) is 0 Å². The van der Waals surface area contributed by atoms with Crippen LogP contribution in [0, 0.1) is 0 Å². The van der Waals surface area contributed by atoms with E-state index in [0.717, 1.165) is 16.5 Å². The van der Waals surface area contributed by atoms with E-state index >= 15 is 0 Å². The Bertz CT molecular complexity index is 1580. The van der Waals surface area contributed by atoms with Crippen LogP contribution in [0.1, 0.15) is 36.8 Å². The molecule has 3 rings (SSSR count). The molecule has 48 heavy (non-hydrogen) atoms. The van der Waals surface area contributed by atoms with Crippen LogP contribution in [0.3, 0.4) is 0 Å². The number of rotatable bonds is 19. The number of amides is 3. The Hall–Kier alpha value is -5.64. The molecule has 4 atom stereocenters. The minimum absolute atomic E-state index is 0.00162. The normalized spacial score (nSPS) is 13.4. The van der Waals surface area contributed by atoms with E-state index in [-0.39, 0.29) is 50.7 Å². The number of nitrogens with two attached hydrogens (primary N) is 5. The Morgan fingerprint density at radius 1 is 0.708 bits per heavy atom. The van der Waals surface area contributed by atoms with Crippen molar-refractivity contribution in [3.63, 3.8) is 0 Å². The third-order valence-electron chi connectivity index (χ3n) is 7.51. The number of carbonyl (C=O) groups excluding carboxylic acids is 3. The Labute approximate surface area is 278 Å². The fourth-order valence-electron chi connectivity index (χ4n) is 5.03. The van der Waals surface area contributed by atoms with Crippen molar-refractivity contribution >= 4 is 46.5 Å². The number of para-hydroxylation sites is 1. The number of aliphatic carboxylic acids is 1. The summed E-state index contributed by atoms with van der Waals surface area (Å²) in [5, 5.41) is 18.8. The van der Waals surface area contributed by atoms with E-state index in [1.807, 2.05) is 30.3 Å². The van der Waals surface area contributed by atoms with Crippen LogP contribution >= 0.6 is 0 Å². The summed E-state index contributed by atoms with van der Waals surface area (Å²) in [5.41, 5.74) is 29.8. The van der Waals surface area contributed by atoms with Gasteiger partial charge in [0.05, 0.1) is 6.04 Å². The maximum atomic E-state index is 13.7. The second-order valence-corrected chi connectivity index (χ2v) is 11.3. The first kappa shape index (κ1) is 36.8. The molecule has 3 amide bonds. The van der Waals surface area contributed by atoms with Gasteiger partial charge in [-0.3, -0.25) is 24.4 Å². The number of fused-ring (bicyclic) bond motifs is 1. The molecule has 258 valence electrons. The quantitative estimate of drug-likeness (QED) is 0.0420. The monoisotopic (exact) mass is 663 g/mol. The summed E-state index contributed by atoms with van der Waals surface area (Å²) in [5.74, 6) is -3.40. The number of aliphatic imine (C=N–C) groups is 2. The molecular formula is C32H45N11O5. The number of H-pyrrole nitrogens is 1. The molecule has 2 aromatic carbocycles. The zero-order valence-corrected chi connectivity index (χ0v) is 26.6. The standard InChI is InChI=1S/C32H45N11O5/c33-22(11-6-14-38-31(34)35)27(44)41-24(13-7-15-39-32(36)37)28(45)42-25(16-19-8-2-1-3-9-19)29(46)43-26(30(47)48)17-20-18-40-23-12-5-4-10-21(20)23/h1-5,8-10,12,18,22,24-26,40H,6-7,11,13-17,33H2,(H,41,44)(H,42,45)(H,43,46)(H,47,48)(H4,34,35,38)(H4,36,37,39)/t22-,24-,25-,26-/m0/s1. The van der Waals surface area contributed by atoms with Gasteiger partial charge in [0.25, 0.3) is 0 Å². The Morgan fingerprint density at radius 3 is 1.92 bits per heavy atom. The van der Waals surface area contributed by atoms with E-state index in [4.69, 9.17) is 28.7 Å². The second-order valence-electron chi connectivity index (χ2n) is 11.3. The highest BCUT2D eigenvalue weighted by Gasteiger charge is 2.31. The number of aromatic nitrogens is 1. The number of carboxylic acid groups (broad SMARTS) is 1. The van der Waals surface area contributed by atoms with E-state index < -0.39 is 47.9 Å². The third kappa shape index (κ3) is 11.9. The van der Waals surface area contributed by atoms with Gasteiger partial charge in [0.1, 0.15) is 18.1 Å². The van der Waals surface area contributed by atoms with Crippen molar-refractivity contribution in [3.05, 3.63) is 71.9 Å². The summed E-state index contributed by atoms with van der Waals surface area (Å²) >= 11 is 0. The van der Waals surface area contributed by atoms with Gasteiger partial charge in [0.15, 0.2) is 11.9 Å². The van der Waals surface area contributed by atoms with Crippen molar-refractivity contribution in [2.24, 2.45) is 38.7 Å². The molecule has 0 radical (unpaired) electrons. The second kappa shape index (κ2) is 18.5. The van der Waals surface area contributed by atoms with Crippen molar-refractivity contribution in [1.29, 1.82) is 0 Å². The highest BCUT2D eigenvalue weighted by Crippen LogP contribution is 2.19. The Balaban J connectivity index is 1.78. The molecule has 0 spiro atoms. The van der Waals surface area contributed by atoms with E-state index in [2.05, 4.69) is 30.9 Å². The largest absolute Gasteiger partial charge is 0.480 e. The van der Waals surface area contributed by atoms with Crippen molar-refractivity contribution in [1.82, 2.24) is 20.9 Å². The van der Waals surface area contributed by atoms with Crippen molar-refractivity contribution in [2.75, 3.05) is 13.1 Å². The molecule has 3 aromatic rings. The third-order valence-corrected chi connectivity index (χ3v) is 7.51. The van der Waals surface area contributed by atoms with Crippen molar-refractivity contribution < 1.29 is 24.3 Å². The Morgan fingerprint density at radius 2 is 1.27 bits per heavy atom. The summed E-state index contributed by atoms with van der Waals surface area (Å²) in [4.78, 5) is 63.6. The lowest BCUT2D eigenvalue weighted by atomic mass is 10.0. The minimum atomic E-state index is -1.29. The van der Waals surface area contributed by atoms with Gasteiger partial charge in [-0.15, -0.1) is 0 Å². The highest BCUT2D eigenvalue weighted by atomic mass is 16.4. The first-order valence-corrected chi connectivity index (χ1v) is 15.5. The van der Waals surface area contributed by atoms with E-state index in [1.54, 1.807) is 30.5 Å². The highest BCUT2D eigenvalue weighted by molar-refractivity contribution is 5.94. The predicted molar refractivity (Wildman–Crippen MR) is 183 cm³/mol.